The molecule has 0 aliphatic rings. The fourth-order valence-corrected chi connectivity index (χ4v) is 8.29. The minimum atomic E-state index is -2.40. The molecule has 0 amide bonds. The summed E-state index contributed by atoms with van der Waals surface area (Å²) in [6, 6.07) is 22.8. The van der Waals surface area contributed by atoms with Crippen LogP contribution < -0.4 is 8.96 Å². The summed E-state index contributed by atoms with van der Waals surface area (Å²) in [7, 11) is 1.95. The summed E-state index contributed by atoms with van der Waals surface area (Å²) in [5.41, 5.74) is 4.91. The van der Waals surface area contributed by atoms with E-state index < -0.39 is 13.3 Å². The van der Waals surface area contributed by atoms with E-state index in [4.69, 9.17) is 4.42 Å². The summed E-state index contributed by atoms with van der Waals surface area (Å²) in [4.78, 5) is 0. The Morgan fingerprint density at radius 1 is 0.730 bits per heavy atom. The van der Waals surface area contributed by atoms with Crippen LogP contribution in [0.25, 0.3) is 55.1 Å². The van der Waals surface area contributed by atoms with Gasteiger partial charge in [-0.2, -0.15) is 0 Å². The first kappa shape index (κ1) is 23.9. The molecule has 6 aromatic rings. The molecule has 0 aliphatic heterocycles. The van der Waals surface area contributed by atoms with Crippen molar-refractivity contribution in [1.82, 2.24) is 0 Å². The van der Waals surface area contributed by atoms with Crippen LogP contribution in [0, 0.1) is 18.6 Å². The molecule has 184 valence electrons. The third-order valence-electron chi connectivity index (χ3n) is 7.31. The molecule has 0 atom stereocenters. The van der Waals surface area contributed by atoms with Crippen LogP contribution in [0.3, 0.4) is 0 Å². The normalized spacial score (nSPS) is 12.2. The SMILES string of the molecule is Cc1ccc2c(oc3c(-c4cccc5ccccc45)c(F)ccc32)c1-c1cc(F)[c]([Ge]([CH3])([CH3])[CH3])c[n+]1C. The first-order valence-corrected chi connectivity index (χ1v) is 19.8. The molecule has 0 aliphatic carbocycles. The van der Waals surface area contributed by atoms with E-state index in [1.807, 2.05) is 79.3 Å². The average molecular weight is 553 g/mol. The molecule has 5 heteroatoms. The number of aromatic nitrogens is 1. The Morgan fingerprint density at radius 3 is 2.16 bits per heavy atom. The molecule has 0 saturated heterocycles. The molecule has 37 heavy (non-hydrogen) atoms. The predicted octanol–water partition coefficient (Wildman–Crippen LogP) is 8.03. The summed E-state index contributed by atoms with van der Waals surface area (Å²) in [5, 5.41) is 3.72. The number of halogens is 2. The zero-order chi connectivity index (χ0) is 26.1. The van der Waals surface area contributed by atoms with Gasteiger partial charge in [0.15, 0.2) is 0 Å². The molecule has 0 fully saturated rings. The Labute approximate surface area is 217 Å². The fraction of sp³-hybridized carbons (Fsp3) is 0.156. The van der Waals surface area contributed by atoms with Crippen molar-refractivity contribution in [3.63, 3.8) is 0 Å². The molecule has 4 aromatic carbocycles. The molecule has 0 radical (unpaired) electrons. The van der Waals surface area contributed by atoms with Gasteiger partial charge in [-0.3, -0.25) is 0 Å². The van der Waals surface area contributed by atoms with E-state index in [1.165, 1.54) is 6.07 Å². The van der Waals surface area contributed by atoms with Gasteiger partial charge >= 0.3 is 194 Å². The van der Waals surface area contributed by atoms with Crippen LogP contribution in [0.5, 0.6) is 0 Å². The van der Waals surface area contributed by atoms with Crippen molar-refractivity contribution in [1.29, 1.82) is 0 Å². The zero-order valence-electron chi connectivity index (χ0n) is 21.6. The van der Waals surface area contributed by atoms with Gasteiger partial charge in [-0.1, -0.05) is 24.3 Å². The van der Waals surface area contributed by atoms with Crippen LogP contribution in [-0.2, 0) is 7.05 Å². The molecule has 2 nitrogen and oxygen atoms in total. The van der Waals surface area contributed by atoms with Crippen LogP contribution in [0.2, 0.25) is 17.3 Å². The number of fused-ring (bicyclic) bond motifs is 4. The monoisotopic (exact) mass is 554 g/mol. The number of rotatable bonds is 3. The van der Waals surface area contributed by atoms with Crippen molar-refractivity contribution >= 4 is 50.4 Å². The topological polar surface area (TPSA) is 17.0 Å². The summed E-state index contributed by atoms with van der Waals surface area (Å²) < 4.78 is 40.3. The number of pyridine rings is 1. The van der Waals surface area contributed by atoms with Crippen molar-refractivity contribution < 1.29 is 17.8 Å². The van der Waals surface area contributed by atoms with Crippen LogP contribution in [0.4, 0.5) is 8.78 Å². The van der Waals surface area contributed by atoms with E-state index in [-0.39, 0.29) is 11.6 Å². The molecule has 0 unspecified atom stereocenters. The molecular formula is C32H28F2GeNO+. The van der Waals surface area contributed by atoms with E-state index in [0.29, 0.717) is 16.7 Å². The van der Waals surface area contributed by atoms with Gasteiger partial charge in [0.05, 0.1) is 0 Å². The molecule has 2 heterocycles. The molecule has 0 bridgehead atoms. The first-order valence-electron chi connectivity index (χ1n) is 12.5. The van der Waals surface area contributed by atoms with Gasteiger partial charge in [0.1, 0.15) is 0 Å². The Bertz CT molecular complexity index is 1860. The van der Waals surface area contributed by atoms with Gasteiger partial charge in [-0.15, -0.1) is 0 Å². The molecule has 0 saturated carbocycles. The first-order chi connectivity index (χ1) is 17.6. The Morgan fingerprint density at radius 2 is 1.41 bits per heavy atom. The Balaban J connectivity index is 1.69. The van der Waals surface area contributed by atoms with E-state index in [1.54, 1.807) is 12.1 Å². The maximum atomic E-state index is 15.5. The van der Waals surface area contributed by atoms with Crippen LogP contribution in [-0.4, -0.2) is 13.3 Å². The van der Waals surface area contributed by atoms with Gasteiger partial charge < -0.3 is 0 Å². The van der Waals surface area contributed by atoms with Crippen molar-refractivity contribution in [3.8, 4) is 22.4 Å². The van der Waals surface area contributed by atoms with E-state index in [9.17, 15) is 0 Å². The Hall–Kier alpha value is -3.51. The van der Waals surface area contributed by atoms with Gasteiger partial charge in [0.2, 0.25) is 0 Å². The molecule has 0 spiro atoms. The third kappa shape index (κ3) is 3.77. The zero-order valence-corrected chi connectivity index (χ0v) is 23.7. The van der Waals surface area contributed by atoms with E-state index in [2.05, 4.69) is 17.3 Å². The van der Waals surface area contributed by atoms with Gasteiger partial charge in [0, 0.05) is 0 Å². The van der Waals surface area contributed by atoms with Crippen LogP contribution in [0.1, 0.15) is 5.56 Å². The van der Waals surface area contributed by atoms with Crippen molar-refractivity contribution in [2.45, 2.75) is 24.2 Å². The predicted molar refractivity (Wildman–Crippen MR) is 151 cm³/mol. The second-order valence-corrected chi connectivity index (χ2v) is 21.4. The van der Waals surface area contributed by atoms with Crippen molar-refractivity contribution in [2.75, 3.05) is 0 Å². The minimum absolute atomic E-state index is 0.171. The molecule has 6 rings (SSSR count). The second-order valence-electron chi connectivity index (χ2n) is 10.8. The van der Waals surface area contributed by atoms with Crippen molar-refractivity contribution in [3.05, 3.63) is 96.2 Å². The van der Waals surface area contributed by atoms with E-state index in [0.717, 1.165) is 48.3 Å². The fourth-order valence-electron chi connectivity index (χ4n) is 5.42. The molecular weight excluding hydrogens is 525 g/mol. The number of furan rings is 1. The van der Waals surface area contributed by atoms with Gasteiger partial charge in [-0.25, -0.2) is 0 Å². The summed E-state index contributed by atoms with van der Waals surface area (Å²) in [6.45, 7) is 2.00. The number of hydrogen-bond acceptors (Lipinski definition) is 1. The standard InChI is InChI=1S/C32H28F2GeNO/c1-19-13-14-23-24-15-16-25(33)30(22-12-8-10-20-9-6-7-11-21(20)22)32(24)37-31(23)29(19)28-17-26(34)27(18-36(28)5)35(2,3)4/h6-18H,1-5H3/q+1. The number of nitrogens with zero attached hydrogens (tertiary/aromatic N) is 1. The molecule has 2 aromatic heterocycles. The van der Waals surface area contributed by atoms with Gasteiger partial charge in [0.25, 0.3) is 0 Å². The van der Waals surface area contributed by atoms with Crippen molar-refractivity contribution in [2.24, 2.45) is 7.05 Å². The summed E-state index contributed by atoms with van der Waals surface area (Å²) in [6.07, 6.45) is 1.94. The summed E-state index contributed by atoms with van der Waals surface area (Å²) >= 11 is -2.40. The summed E-state index contributed by atoms with van der Waals surface area (Å²) in [5.74, 6) is 6.06. The maximum absolute atomic E-state index is 15.5. The Kier molecular flexibility index (Phi) is 5.50. The van der Waals surface area contributed by atoms with Crippen LogP contribution >= 0.6 is 0 Å². The van der Waals surface area contributed by atoms with Crippen LogP contribution in [0.15, 0.2) is 83.4 Å². The second kappa shape index (κ2) is 8.52. The molecule has 0 N–H and O–H groups in total. The quantitative estimate of drug-likeness (QED) is 0.160. The number of benzene rings is 4. The van der Waals surface area contributed by atoms with Gasteiger partial charge in [-0.05, 0) is 0 Å². The number of aryl methyl sites for hydroxylation is 2. The third-order valence-corrected chi connectivity index (χ3v) is 11.5. The average Bonchev–Trinajstić information content (AvgIpc) is 3.23. The number of hydrogen-bond donors (Lipinski definition) is 0. The van der Waals surface area contributed by atoms with E-state index >= 15 is 8.78 Å².